The molecule has 1 saturated heterocycles. The first-order chi connectivity index (χ1) is 13.4. The van der Waals surface area contributed by atoms with Crippen LogP contribution in [0.5, 0.6) is 0 Å². The Morgan fingerprint density at radius 2 is 1.86 bits per heavy atom. The molecule has 0 atom stereocenters. The number of likely N-dealkylation sites (tertiary alicyclic amines) is 1. The van der Waals surface area contributed by atoms with Gasteiger partial charge in [-0.3, -0.25) is 4.79 Å². The first-order valence-electron chi connectivity index (χ1n) is 10.2. The van der Waals surface area contributed by atoms with Gasteiger partial charge in [0.15, 0.2) is 0 Å². The molecular formula is C20H30FN3O3S. The van der Waals surface area contributed by atoms with E-state index in [-0.39, 0.29) is 23.3 Å². The Labute approximate surface area is 166 Å². The van der Waals surface area contributed by atoms with Crippen molar-refractivity contribution in [2.45, 2.75) is 51.5 Å². The van der Waals surface area contributed by atoms with Crippen molar-refractivity contribution < 1.29 is 17.6 Å². The van der Waals surface area contributed by atoms with Gasteiger partial charge in [0.25, 0.3) is 5.91 Å². The molecular weight excluding hydrogens is 381 g/mol. The molecule has 28 heavy (non-hydrogen) atoms. The molecule has 0 radical (unpaired) electrons. The van der Waals surface area contributed by atoms with Crippen LogP contribution in [0, 0.1) is 11.7 Å². The van der Waals surface area contributed by atoms with Gasteiger partial charge in [-0.1, -0.05) is 0 Å². The summed E-state index contributed by atoms with van der Waals surface area (Å²) >= 11 is 0. The van der Waals surface area contributed by atoms with Crippen LogP contribution in [0.15, 0.2) is 18.2 Å². The molecule has 156 valence electrons. The third-order valence-electron chi connectivity index (χ3n) is 5.76. The smallest absolute Gasteiger partial charge is 0.256 e. The monoisotopic (exact) mass is 411 g/mol. The van der Waals surface area contributed by atoms with Crippen molar-refractivity contribution >= 4 is 21.6 Å². The predicted octanol–water partition coefficient (Wildman–Crippen LogP) is 2.97. The fourth-order valence-corrected chi connectivity index (χ4v) is 4.88. The van der Waals surface area contributed by atoms with Crippen LogP contribution >= 0.6 is 0 Å². The molecule has 1 aromatic carbocycles. The number of hydrogen-bond donors (Lipinski definition) is 2. The molecule has 1 saturated carbocycles. The number of nitrogens with one attached hydrogen (secondary N) is 2. The number of nitrogens with zero attached hydrogens (tertiary/aromatic N) is 1. The van der Waals surface area contributed by atoms with Crippen LogP contribution in [0.1, 0.15) is 55.8 Å². The molecule has 0 aromatic heterocycles. The van der Waals surface area contributed by atoms with Crippen LogP contribution in [-0.2, 0) is 10.0 Å². The SMILES string of the molecule is CCS(=O)(=O)NC1CCC(CNc2ccc(C(=O)N3CCCC3)c(F)c2)CC1. The van der Waals surface area contributed by atoms with E-state index in [9.17, 15) is 17.6 Å². The maximum atomic E-state index is 14.4. The summed E-state index contributed by atoms with van der Waals surface area (Å²) in [7, 11) is -3.15. The number of sulfonamides is 1. The van der Waals surface area contributed by atoms with E-state index in [2.05, 4.69) is 10.0 Å². The summed E-state index contributed by atoms with van der Waals surface area (Å²) in [6.07, 6.45) is 5.46. The van der Waals surface area contributed by atoms with Crippen LogP contribution < -0.4 is 10.0 Å². The zero-order valence-corrected chi connectivity index (χ0v) is 17.2. The normalized spacial score (nSPS) is 23.0. The van der Waals surface area contributed by atoms with Gasteiger partial charge < -0.3 is 10.2 Å². The van der Waals surface area contributed by atoms with Gasteiger partial charge in [-0.15, -0.1) is 0 Å². The average molecular weight is 412 g/mol. The predicted molar refractivity (Wildman–Crippen MR) is 108 cm³/mol. The zero-order valence-electron chi connectivity index (χ0n) is 16.4. The summed E-state index contributed by atoms with van der Waals surface area (Å²) in [5, 5.41) is 3.26. The van der Waals surface area contributed by atoms with Crippen LogP contribution in [0.3, 0.4) is 0 Å². The van der Waals surface area contributed by atoms with Crippen molar-refractivity contribution in [2.24, 2.45) is 5.92 Å². The van der Waals surface area contributed by atoms with Crippen molar-refractivity contribution in [3.63, 3.8) is 0 Å². The molecule has 8 heteroatoms. The van der Waals surface area contributed by atoms with E-state index >= 15 is 0 Å². The van der Waals surface area contributed by atoms with E-state index in [1.807, 2.05) is 0 Å². The minimum absolute atomic E-state index is 0.0227. The lowest BCUT2D eigenvalue weighted by atomic mass is 9.86. The molecule has 1 heterocycles. The second kappa shape index (κ2) is 9.22. The molecule has 2 fully saturated rings. The Morgan fingerprint density at radius 1 is 1.18 bits per heavy atom. The first kappa shape index (κ1) is 21.0. The van der Waals surface area contributed by atoms with Gasteiger partial charge in [0.1, 0.15) is 5.82 Å². The molecule has 3 rings (SSSR count). The highest BCUT2D eigenvalue weighted by Crippen LogP contribution is 2.26. The summed E-state index contributed by atoms with van der Waals surface area (Å²) in [5.41, 5.74) is 0.806. The maximum Gasteiger partial charge on any atom is 0.256 e. The Hall–Kier alpha value is -1.67. The van der Waals surface area contributed by atoms with Gasteiger partial charge in [-0.25, -0.2) is 17.5 Å². The molecule has 6 nitrogen and oxygen atoms in total. The highest BCUT2D eigenvalue weighted by atomic mass is 32.2. The molecule has 1 aliphatic heterocycles. The van der Waals surface area contributed by atoms with Gasteiger partial charge in [0.05, 0.1) is 11.3 Å². The number of carbonyl (C=O) groups excluding carboxylic acids is 1. The lowest BCUT2D eigenvalue weighted by Crippen LogP contribution is -2.39. The number of amides is 1. The molecule has 1 amide bonds. The number of rotatable bonds is 7. The van der Waals surface area contributed by atoms with Crippen molar-refractivity contribution in [3.05, 3.63) is 29.6 Å². The van der Waals surface area contributed by atoms with E-state index in [0.29, 0.717) is 31.2 Å². The van der Waals surface area contributed by atoms with E-state index in [1.165, 1.54) is 6.07 Å². The largest absolute Gasteiger partial charge is 0.385 e. The van der Waals surface area contributed by atoms with E-state index in [1.54, 1.807) is 24.0 Å². The summed E-state index contributed by atoms with van der Waals surface area (Å²) in [6.45, 7) is 3.76. The van der Waals surface area contributed by atoms with Gasteiger partial charge in [-0.2, -0.15) is 0 Å². The van der Waals surface area contributed by atoms with E-state index < -0.39 is 15.8 Å². The van der Waals surface area contributed by atoms with E-state index in [4.69, 9.17) is 0 Å². The number of anilines is 1. The molecule has 2 aliphatic rings. The second-order valence-electron chi connectivity index (χ2n) is 7.81. The van der Waals surface area contributed by atoms with Gasteiger partial charge in [0.2, 0.25) is 10.0 Å². The van der Waals surface area contributed by atoms with Crippen molar-refractivity contribution in [1.82, 2.24) is 9.62 Å². The van der Waals surface area contributed by atoms with Crippen molar-refractivity contribution in [2.75, 3.05) is 30.7 Å². The maximum absolute atomic E-state index is 14.4. The zero-order chi connectivity index (χ0) is 20.1. The molecule has 0 unspecified atom stereocenters. The fourth-order valence-electron chi connectivity index (χ4n) is 3.97. The van der Waals surface area contributed by atoms with Crippen LogP contribution in [-0.4, -0.2) is 50.7 Å². The third-order valence-corrected chi connectivity index (χ3v) is 7.21. The van der Waals surface area contributed by atoms with Crippen LogP contribution in [0.25, 0.3) is 0 Å². The van der Waals surface area contributed by atoms with Crippen molar-refractivity contribution in [3.8, 4) is 0 Å². The fraction of sp³-hybridized carbons (Fsp3) is 0.650. The minimum Gasteiger partial charge on any atom is -0.385 e. The molecule has 2 N–H and O–H groups in total. The second-order valence-corrected chi connectivity index (χ2v) is 9.86. The van der Waals surface area contributed by atoms with Gasteiger partial charge >= 0.3 is 0 Å². The Kier molecular flexibility index (Phi) is 6.93. The first-order valence-corrected chi connectivity index (χ1v) is 11.9. The molecule has 0 bridgehead atoms. The minimum atomic E-state index is -3.15. The Bertz CT molecular complexity index is 786. The topological polar surface area (TPSA) is 78.5 Å². The molecule has 0 spiro atoms. The standard InChI is InChI=1S/C20H30FN3O3S/c1-2-28(26,27)23-16-7-5-15(6-8-16)14-22-17-9-10-18(19(21)13-17)20(25)24-11-3-4-12-24/h9-10,13,15-16,22-23H,2-8,11-12,14H2,1H3. The number of benzene rings is 1. The quantitative estimate of drug-likeness (QED) is 0.723. The van der Waals surface area contributed by atoms with Crippen LogP contribution in [0.4, 0.5) is 10.1 Å². The van der Waals surface area contributed by atoms with Gasteiger partial charge in [-0.05, 0) is 69.6 Å². The summed E-state index contributed by atoms with van der Waals surface area (Å²) < 4.78 is 40.5. The lowest BCUT2D eigenvalue weighted by Gasteiger charge is -2.29. The Morgan fingerprint density at radius 3 is 2.46 bits per heavy atom. The highest BCUT2D eigenvalue weighted by molar-refractivity contribution is 7.89. The van der Waals surface area contributed by atoms with Crippen LogP contribution in [0.2, 0.25) is 0 Å². The number of carbonyl (C=O) groups is 1. The Balaban J connectivity index is 1.48. The number of hydrogen-bond acceptors (Lipinski definition) is 4. The van der Waals surface area contributed by atoms with Crippen molar-refractivity contribution in [1.29, 1.82) is 0 Å². The van der Waals surface area contributed by atoms with Gasteiger partial charge in [0, 0.05) is 31.4 Å². The third kappa shape index (κ3) is 5.44. The molecule has 1 aromatic rings. The lowest BCUT2D eigenvalue weighted by molar-refractivity contribution is 0.0788. The highest BCUT2D eigenvalue weighted by Gasteiger charge is 2.25. The molecule has 1 aliphatic carbocycles. The summed E-state index contributed by atoms with van der Waals surface area (Å²) in [6, 6.07) is 4.74. The summed E-state index contributed by atoms with van der Waals surface area (Å²) in [5.74, 6) is -0.179. The number of halogens is 1. The summed E-state index contributed by atoms with van der Waals surface area (Å²) in [4.78, 5) is 14.1. The average Bonchev–Trinajstić information content (AvgIpc) is 3.22. The van der Waals surface area contributed by atoms with E-state index in [0.717, 1.165) is 38.5 Å².